The van der Waals surface area contributed by atoms with Crippen LogP contribution in [-0.4, -0.2) is 41.6 Å². The van der Waals surface area contributed by atoms with Crippen LogP contribution in [-0.2, 0) is 4.79 Å². The van der Waals surface area contributed by atoms with Gasteiger partial charge in [0.1, 0.15) is 6.54 Å². The summed E-state index contributed by atoms with van der Waals surface area (Å²) in [5, 5.41) is 11.7. The molecule has 0 unspecified atom stereocenters. The Morgan fingerprint density at radius 3 is 2.35 bits per heavy atom. The zero-order valence-electron chi connectivity index (χ0n) is 12.9. The number of hydrogen-bond donors (Lipinski definition) is 2. The number of nitrogens with one attached hydrogen (secondary N) is 1. The average Bonchev–Trinajstić information content (AvgIpc) is 2.81. The van der Waals surface area contributed by atoms with Gasteiger partial charge >= 0.3 is 12.0 Å². The van der Waals surface area contributed by atoms with Crippen LogP contribution in [0, 0.1) is 11.3 Å². The number of nitrogens with zero attached hydrogens (tertiary/aromatic N) is 1. The largest absolute Gasteiger partial charge is 0.480 e. The molecule has 5 nitrogen and oxygen atoms in total. The average molecular weight is 284 g/mol. The van der Waals surface area contributed by atoms with Gasteiger partial charge in [0.2, 0.25) is 0 Å². The molecule has 2 amide bonds. The molecule has 1 fully saturated rings. The third-order valence-corrected chi connectivity index (χ3v) is 4.12. The van der Waals surface area contributed by atoms with Crippen LogP contribution in [0.2, 0.25) is 0 Å². The molecule has 0 aromatic carbocycles. The molecule has 0 aromatic heterocycles. The van der Waals surface area contributed by atoms with Gasteiger partial charge in [0.05, 0.1) is 0 Å². The monoisotopic (exact) mass is 284 g/mol. The van der Waals surface area contributed by atoms with Crippen molar-refractivity contribution in [3.63, 3.8) is 0 Å². The molecule has 0 radical (unpaired) electrons. The van der Waals surface area contributed by atoms with Crippen molar-refractivity contribution in [2.45, 2.75) is 52.9 Å². The minimum absolute atomic E-state index is 0.215. The first-order valence-corrected chi connectivity index (χ1v) is 7.63. The maximum absolute atomic E-state index is 12.0. The first-order chi connectivity index (χ1) is 9.38. The fourth-order valence-electron chi connectivity index (χ4n) is 3.31. The number of amides is 2. The number of hydrogen-bond acceptors (Lipinski definition) is 2. The van der Waals surface area contributed by atoms with Gasteiger partial charge in [-0.25, -0.2) is 4.79 Å². The first kappa shape index (κ1) is 16.8. The Hall–Kier alpha value is -1.26. The molecule has 0 aliphatic heterocycles. The van der Waals surface area contributed by atoms with Crippen molar-refractivity contribution < 1.29 is 14.7 Å². The second-order valence-corrected chi connectivity index (χ2v) is 6.37. The van der Waals surface area contributed by atoms with Gasteiger partial charge < -0.3 is 15.3 Å². The van der Waals surface area contributed by atoms with Crippen molar-refractivity contribution >= 4 is 12.0 Å². The highest BCUT2D eigenvalue weighted by molar-refractivity contribution is 5.80. The number of aliphatic carboxylic acids is 1. The lowest BCUT2D eigenvalue weighted by Crippen LogP contribution is -2.46. The molecule has 0 aromatic rings. The van der Waals surface area contributed by atoms with E-state index in [4.69, 9.17) is 5.11 Å². The Bertz CT molecular complexity index is 336. The lowest BCUT2D eigenvalue weighted by Gasteiger charge is -2.32. The highest BCUT2D eigenvalue weighted by Crippen LogP contribution is 2.42. The van der Waals surface area contributed by atoms with Crippen LogP contribution >= 0.6 is 0 Å². The topological polar surface area (TPSA) is 69.6 Å². The van der Waals surface area contributed by atoms with Crippen molar-refractivity contribution in [1.29, 1.82) is 0 Å². The fraction of sp³-hybridized carbons (Fsp3) is 0.867. The second kappa shape index (κ2) is 7.50. The molecule has 1 aliphatic rings. The van der Waals surface area contributed by atoms with E-state index >= 15 is 0 Å². The lowest BCUT2D eigenvalue weighted by atomic mass is 9.78. The highest BCUT2D eigenvalue weighted by atomic mass is 16.4. The summed E-state index contributed by atoms with van der Waals surface area (Å²) in [5.74, 6) is -0.356. The number of carboxylic acids is 1. The van der Waals surface area contributed by atoms with E-state index in [1.54, 1.807) is 6.92 Å². The van der Waals surface area contributed by atoms with Gasteiger partial charge in [-0.1, -0.05) is 26.7 Å². The predicted molar refractivity (Wildman–Crippen MR) is 78.6 cm³/mol. The summed E-state index contributed by atoms with van der Waals surface area (Å²) in [4.78, 5) is 24.1. The van der Waals surface area contributed by atoms with E-state index < -0.39 is 5.97 Å². The van der Waals surface area contributed by atoms with Crippen molar-refractivity contribution in [2.75, 3.05) is 19.6 Å². The number of carboxylic acid groups (broad SMARTS) is 1. The molecule has 20 heavy (non-hydrogen) atoms. The molecule has 0 bridgehead atoms. The van der Waals surface area contributed by atoms with E-state index in [-0.39, 0.29) is 18.0 Å². The molecule has 116 valence electrons. The molecule has 1 aliphatic carbocycles. The Morgan fingerprint density at radius 2 is 1.90 bits per heavy atom. The van der Waals surface area contributed by atoms with E-state index in [1.807, 2.05) is 0 Å². The standard InChI is InChI=1S/C15H28N2O3/c1-4-17(10-13(18)19)14(20)16-11-15(9-12(2)3)7-5-6-8-15/h12H,4-11H2,1-3H3,(H,16,20)(H,18,19). The molecule has 1 saturated carbocycles. The molecule has 0 saturated heterocycles. The minimum Gasteiger partial charge on any atom is -0.480 e. The van der Waals surface area contributed by atoms with E-state index in [0.29, 0.717) is 19.0 Å². The Labute approximate surface area is 121 Å². The third kappa shape index (κ3) is 5.02. The van der Waals surface area contributed by atoms with Crippen molar-refractivity contribution in [2.24, 2.45) is 11.3 Å². The Kier molecular flexibility index (Phi) is 6.30. The van der Waals surface area contributed by atoms with Crippen LogP contribution in [0.15, 0.2) is 0 Å². The van der Waals surface area contributed by atoms with Gasteiger partial charge in [-0.05, 0) is 37.5 Å². The quantitative estimate of drug-likeness (QED) is 0.755. The SMILES string of the molecule is CCN(CC(=O)O)C(=O)NCC1(CC(C)C)CCCC1. The van der Waals surface area contributed by atoms with Gasteiger partial charge in [0.25, 0.3) is 0 Å². The molecule has 1 rings (SSSR count). The summed E-state index contributed by atoms with van der Waals surface area (Å²) >= 11 is 0. The molecule has 0 atom stereocenters. The number of carbonyl (C=O) groups is 2. The maximum Gasteiger partial charge on any atom is 0.323 e. The number of rotatable bonds is 7. The number of likely N-dealkylation sites (N-methyl/N-ethyl adjacent to an activating group) is 1. The van der Waals surface area contributed by atoms with Crippen LogP contribution in [0.1, 0.15) is 52.9 Å². The zero-order chi connectivity index (χ0) is 15.2. The fourth-order valence-corrected chi connectivity index (χ4v) is 3.31. The third-order valence-electron chi connectivity index (χ3n) is 4.12. The Balaban J connectivity index is 2.54. The molecular formula is C15H28N2O3. The van der Waals surface area contributed by atoms with Crippen molar-refractivity contribution in [3.05, 3.63) is 0 Å². The van der Waals surface area contributed by atoms with Crippen molar-refractivity contribution in [1.82, 2.24) is 10.2 Å². The van der Waals surface area contributed by atoms with Gasteiger partial charge in [-0.3, -0.25) is 4.79 Å². The second-order valence-electron chi connectivity index (χ2n) is 6.37. The summed E-state index contributed by atoms with van der Waals surface area (Å²) < 4.78 is 0. The summed E-state index contributed by atoms with van der Waals surface area (Å²) in [6, 6.07) is -0.259. The van der Waals surface area contributed by atoms with Crippen molar-refractivity contribution in [3.8, 4) is 0 Å². The maximum atomic E-state index is 12.0. The minimum atomic E-state index is -0.972. The zero-order valence-corrected chi connectivity index (χ0v) is 12.9. The van der Waals surface area contributed by atoms with Gasteiger partial charge in [-0.15, -0.1) is 0 Å². The molecule has 0 heterocycles. The van der Waals surface area contributed by atoms with Gasteiger partial charge in [0.15, 0.2) is 0 Å². The highest BCUT2D eigenvalue weighted by Gasteiger charge is 2.35. The Morgan fingerprint density at radius 1 is 1.30 bits per heavy atom. The van der Waals surface area contributed by atoms with E-state index in [9.17, 15) is 9.59 Å². The van der Waals surface area contributed by atoms with Crippen LogP contribution < -0.4 is 5.32 Å². The number of urea groups is 1. The van der Waals surface area contributed by atoms with Crippen LogP contribution in [0.3, 0.4) is 0 Å². The van der Waals surface area contributed by atoms with Crippen LogP contribution in [0.25, 0.3) is 0 Å². The summed E-state index contributed by atoms with van der Waals surface area (Å²) in [5.41, 5.74) is 0.215. The van der Waals surface area contributed by atoms with E-state index in [2.05, 4.69) is 19.2 Å². The number of carbonyl (C=O) groups excluding carboxylic acids is 1. The predicted octanol–water partition coefficient (Wildman–Crippen LogP) is 2.71. The molecule has 2 N–H and O–H groups in total. The first-order valence-electron chi connectivity index (χ1n) is 7.63. The van der Waals surface area contributed by atoms with Crippen LogP contribution in [0.5, 0.6) is 0 Å². The molecular weight excluding hydrogens is 256 g/mol. The van der Waals surface area contributed by atoms with Gasteiger partial charge in [-0.2, -0.15) is 0 Å². The molecule has 0 spiro atoms. The summed E-state index contributed by atoms with van der Waals surface area (Å²) in [7, 11) is 0. The summed E-state index contributed by atoms with van der Waals surface area (Å²) in [6.07, 6.45) is 5.91. The summed E-state index contributed by atoms with van der Waals surface area (Å²) in [6.45, 7) is 7.06. The molecule has 5 heteroatoms. The van der Waals surface area contributed by atoms with E-state index in [0.717, 1.165) is 19.3 Å². The smallest absolute Gasteiger partial charge is 0.323 e. The van der Waals surface area contributed by atoms with Crippen LogP contribution in [0.4, 0.5) is 4.79 Å². The lowest BCUT2D eigenvalue weighted by molar-refractivity contribution is -0.137. The normalized spacial score (nSPS) is 17.2. The van der Waals surface area contributed by atoms with E-state index in [1.165, 1.54) is 17.7 Å². The van der Waals surface area contributed by atoms with Gasteiger partial charge in [0, 0.05) is 13.1 Å².